The van der Waals surface area contributed by atoms with Gasteiger partial charge in [0.15, 0.2) is 11.4 Å². The monoisotopic (exact) mass is 498 g/mol. The van der Waals surface area contributed by atoms with E-state index >= 15 is 0 Å². The van der Waals surface area contributed by atoms with Crippen LogP contribution in [0.15, 0.2) is 46.8 Å². The van der Waals surface area contributed by atoms with Crippen molar-refractivity contribution in [1.29, 1.82) is 0 Å². The summed E-state index contributed by atoms with van der Waals surface area (Å²) in [5, 5.41) is 12.2. The zero-order valence-electron chi connectivity index (χ0n) is 24.0. The highest BCUT2D eigenvalue weighted by Gasteiger charge is 2.72. The van der Waals surface area contributed by atoms with Crippen molar-refractivity contribution in [1.82, 2.24) is 0 Å². The smallest absolute Gasteiger partial charge is 0.320 e. The van der Waals surface area contributed by atoms with Crippen LogP contribution >= 0.6 is 0 Å². The second kappa shape index (κ2) is 11.0. The number of fused-ring (bicyclic) bond motifs is 1. The zero-order valence-corrected chi connectivity index (χ0v) is 24.0. The van der Waals surface area contributed by atoms with Gasteiger partial charge in [0, 0.05) is 5.92 Å². The van der Waals surface area contributed by atoms with Crippen LogP contribution in [0.5, 0.6) is 0 Å². The Labute approximate surface area is 217 Å². The van der Waals surface area contributed by atoms with Gasteiger partial charge in [0.05, 0.1) is 5.92 Å². The first-order chi connectivity index (χ1) is 16.5. The summed E-state index contributed by atoms with van der Waals surface area (Å²) in [5.74, 6) is -3.14. The van der Waals surface area contributed by atoms with Crippen LogP contribution < -0.4 is 0 Å². The van der Waals surface area contributed by atoms with Crippen molar-refractivity contribution in [3.8, 4) is 0 Å². The van der Waals surface area contributed by atoms with E-state index in [1.807, 2.05) is 48.5 Å². The number of esters is 1. The molecule has 36 heavy (non-hydrogen) atoms. The Morgan fingerprint density at radius 3 is 2.11 bits per heavy atom. The summed E-state index contributed by atoms with van der Waals surface area (Å²) >= 11 is 0. The van der Waals surface area contributed by atoms with Crippen LogP contribution in [0.2, 0.25) is 0 Å². The number of aliphatic hydroxyl groups is 1. The van der Waals surface area contributed by atoms with Gasteiger partial charge < -0.3 is 9.84 Å². The molecule has 2 aliphatic rings. The number of Topliss-reactive ketones (excluding diaryl/α,β-unsaturated/α-hetero) is 2. The maximum Gasteiger partial charge on any atom is 0.320 e. The molecule has 0 aromatic rings. The topological polar surface area (TPSA) is 80.7 Å². The highest BCUT2D eigenvalue weighted by Crippen LogP contribution is 2.60. The Balaban J connectivity index is 2.89. The van der Waals surface area contributed by atoms with Crippen LogP contribution in [0.3, 0.4) is 0 Å². The second-order valence-corrected chi connectivity index (χ2v) is 12.3. The fourth-order valence-corrected chi connectivity index (χ4v) is 5.74. The summed E-state index contributed by atoms with van der Waals surface area (Å²) < 4.78 is 5.60. The van der Waals surface area contributed by atoms with Gasteiger partial charge >= 0.3 is 5.97 Å². The van der Waals surface area contributed by atoms with Crippen molar-refractivity contribution >= 4 is 17.5 Å². The van der Waals surface area contributed by atoms with E-state index in [-0.39, 0.29) is 23.9 Å². The van der Waals surface area contributed by atoms with Gasteiger partial charge in [-0.1, -0.05) is 55.7 Å². The van der Waals surface area contributed by atoms with Crippen molar-refractivity contribution in [2.75, 3.05) is 0 Å². The molecule has 0 unspecified atom stereocenters. The van der Waals surface area contributed by atoms with Crippen molar-refractivity contribution in [2.45, 2.75) is 101 Å². The number of ketones is 2. The number of hydrogen-bond donors (Lipinski definition) is 1. The lowest BCUT2D eigenvalue weighted by Crippen LogP contribution is -2.56. The van der Waals surface area contributed by atoms with Crippen LogP contribution in [0.25, 0.3) is 0 Å². The molecule has 5 nitrogen and oxygen atoms in total. The van der Waals surface area contributed by atoms with Crippen LogP contribution in [0, 0.1) is 28.6 Å². The molecule has 1 aliphatic carbocycles. The largest absolute Gasteiger partial charge is 0.427 e. The second-order valence-electron chi connectivity index (χ2n) is 12.3. The summed E-state index contributed by atoms with van der Waals surface area (Å²) in [6.07, 6.45) is 9.64. The number of carbonyl (C=O) groups is 3. The van der Waals surface area contributed by atoms with E-state index < -0.39 is 40.0 Å². The lowest BCUT2D eigenvalue weighted by molar-refractivity contribution is -0.158. The molecule has 0 radical (unpaired) electrons. The molecule has 200 valence electrons. The van der Waals surface area contributed by atoms with Gasteiger partial charge in [-0.25, -0.2) is 0 Å². The van der Waals surface area contributed by atoms with E-state index in [0.717, 1.165) is 11.1 Å². The minimum absolute atomic E-state index is 0.0720. The van der Waals surface area contributed by atoms with E-state index in [0.29, 0.717) is 19.3 Å². The molecular formula is C31H46O5. The highest BCUT2D eigenvalue weighted by atomic mass is 16.6. The standard InChI is InChI=1S/C31H46O5/c1-19(2)12-11-17-29(9)23(15-13-20(3)4)18-30(10)28(34)36-24(16-14-21(5)6)31(30,35)27(33)25(29)26(32)22(7)8/h12-14,16,22-23,25,35H,11,15,17-18H2,1-10H3/b24-16-/t23-,25+,29+,30-,31+/m0/s1. The Bertz CT molecular complexity index is 1010. The van der Waals surface area contributed by atoms with E-state index in [1.165, 1.54) is 11.6 Å². The van der Waals surface area contributed by atoms with Gasteiger partial charge in [-0.3, -0.25) is 14.4 Å². The average molecular weight is 499 g/mol. The fraction of sp³-hybridized carbons (Fsp3) is 0.645. The lowest BCUT2D eigenvalue weighted by Gasteiger charge is -2.42. The molecule has 0 bridgehead atoms. The normalized spacial score (nSPS) is 33.1. The Hall–Kier alpha value is -2.27. The third kappa shape index (κ3) is 5.37. The summed E-state index contributed by atoms with van der Waals surface area (Å²) in [5.41, 5.74) is -1.22. The van der Waals surface area contributed by atoms with Crippen molar-refractivity contribution in [2.24, 2.45) is 28.6 Å². The maximum absolute atomic E-state index is 14.5. The van der Waals surface area contributed by atoms with Gasteiger partial charge in [0.25, 0.3) is 0 Å². The number of hydrogen-bond acceptors (Lipinski definition) is 5. The van der Waals surface area contributed by atoms with Gasteiger partial charge in [0.1, 0.15) is 17.0 Å². The Morgan fingerprint density at radius 1 is 1.03 bits per heavy atom. The Morgan fingerprint density at radius 2 is 1.61 bits per heavy atom. The lowest BCUT2D eigenvalue weighted by atomic mass is 9.60. The van der Waals surface area contributed by atoms with Crippen molar-refractivity contribution in [3.63, 3.8) is 0 Å². The predicted molar refractivity (Wildman–Crippen MR) is 144 cm³/mol. The predicted octanol–water partition coefficient (Wildman–Crippen LogP) is 6.67. The molecule has 0 spiro atoms. The first kappa shape index (κ1) is 30.0. The molecule has 0 amide bonds. The summed E-state index contributed by atoms with van der Waals surface area (Å²) in [7, 11) is 0. The van der Waals surface area contributed by atoms with E-state index in [9.17, 15) is 19.5 Å². The van der Waals surface area contributed by atoms with Gasteiger partial charge in [-0.2, -0.15) is 0 Å². The third-order valence-corrected chi connectivity index (χ3v) is 8.14. The van der Waals surface area contributed by atoms with E-state index in [4.69, 9.17) is 4.74 Å². The summed E-state index contributed by atoms with van der Waals surface area (Å²) in [6.45, 7) is 19.1. The molecule has 0 aromatic heterocycles. The molecule has 1 aliphatic heterocycles. The first-order valence-corrected chi connectivity index (χ1v) is 13.2. The molecule has 5 heteroatoms. The number of carbonyl (C=O) groups excluding carboxylic acids is 3. The number of allylic oxidation sites excluding steroid dienone is 7. The Kier molecular flexibility index (Phi) is 9.15. The number of cyclic esters (lactones) is 1. The molecule has 1 saturated carbocycles. The average Bonchev–Trinajstić information content (AvgIpc) is 2.92. The summed E-state index contributed by atoms with van der Waals surface area (Å²) in [6, 6.07) is 0. The van der Waals surface area contributed by atoms with Crippen molar-refractivity contribution in [3.05, 3.63) is 46.8 Å². The molecule has 2 fully saturated rings. The van der Waals surface area contributed by atoms with E-state index in [2.05, 4.69) is 12.2 Å². The third-order valence-electron chi connectivity index (χ3n) is 8.14. The van der Waals surface area contributed by atoms with Gasteiger partial charge in [-0.15, -0.1) is 0 Å². The summed E-state index contributed by atoms with van der Waals surface area (Å²) in [4.78, 5) is 41.7. The van der Waals surface area contributed by atoms with Crippen LogP contribution in [-0.4, -0.2) is 28.2 Å². The molecule has 2 rings (SSSR count). The fourth-order valence-electron chi connectivity index (χ4n) is 5.74. The zero-order chi connectivity index (χ0) is 27.6. The van der Waals surface area contributed by atoms with Gasteiger partial charge in [-0.05, 0) is 91.6 Å². The van der Waals surface area contributed by atoms with Gasteiger partial charge in [0.2, 0.25) is 0 Å². The molecule has 1 saturated heterocycles. The molecular weight excluding hydrogens is 452 g/mol. The van der Waals surface area contributed by atoms with Crippen LogP contribution in [-0.2, 0) is 19.1 Å². The molecule has 0 aromatic carbocycles. The number of rotatable bonds is 8. The minimum Gasteiger partial charge on any atom is -0.427 e. The number of ether oxygens (including phenoxy) is 1. The maximum atomic E-state index is 14.5. The molecule has 5 atom stereocenters. The van der Waals surface area contributed by atoms with Crippen molar-refractivity contribution < 1.29 is 24.2 Å². The molecule has 1 N–H and O–H groups in total. The first-order valence-electron chi connectivity index (χ1n) is 13.2. The molecule has 1 heterocycles. The quantitative estimate of drug-likeness (QED) is 0.230. The van der Waals surface area contributed by atoms with E-state index in [1.54, 1.807) is 26.8 Å². The van der Waals surface area contributed by atoms with Crippen LogP contribution in [0.4, 0.5) is 0 Å². The minimum atomic E-state index is -2.21. The van der Waals surface area contributed by atoms with Crippen LogP contribution in [0.1, 0.15) is 94.9 Å². The highest BCUT2D eigenvalue weighted by molar-refractivity contribution is 6.12. The SMILES string of the molecule is CC(C)=C/C=C1\OC(=O)[C@]2(C)C[C@H](CC=C(C)C)[C@@](C)(CCC=C(C)C)[C@H](C(=O)C(C)C)C(=O)[C@]12O.